The van der Waals surface area contributed by atoms with E-state index in [0.717, 1.165) is 18.4 Å². The van der Waals surface area contributed by atoms with Crippen molar-refractivity contribution < 1.29 is 14.3 Å². The number of nitrogens with one attached hydrogen (secondary N) is 2. The molecule has 24 heavy (non-hydrogen) atoms. The summed E-state index contributed by atoms with van der Waals surface area (Å²) in [5.74, 6) is 1.02. The molecule has 1 fully saturated rings. The largest absolute Gasteiger partial charge is 0.497 e. The minimum Gasteiger partial charge on any atom is -0.497 e. The highest BCUT2D eigenvalue weighted by atomic mass is 16.5. The number of pyridine rings is 1. The molecule has 1 saturated carbocycles. The van der Waals surface area contributed by atoms with E-state index in [9.17, 15) is 9.59 Å². The van der Waals surface area contributed by atoms with Crippen molar-refractivity contribution in [1.29, 1.82) is 0 Å². The fourth-order valence-corrected chi connectivity index (χ4v) is 2.29. The first-order valence-electron chi connectivity index (χ1n) is 7.79. The first-order valence-corrected chi connectivity index (χ1v) is 7.79. The molecule has 6 heteroatoms. The third-order valence-corrected chi connectivity index (χ3v) is 3.89. The number of aromatic nitrogens is 1. The average Bonchev–Trinajstić information content (AvgIpc) is 3.42. The Morgan fingerprint density at radius 1 is 1.21 bits per heavy atom. The van der Waals surface area contributed by atoms with Gasteiger partial charge in [0.25, 0.3) is 5.91 Å². The Morgan fingerprint density at radius 3 is 2.67 bits per heavy atom. The zero-order valence-corrected chi connectivity index (χ0v) is 13.6. The van der Waals surface area contributed by atoms with Crippen molar-refractivity contribution in [3.05, 3.63) is 47.7 Å². The fourth-order valence-electron chi connectivity index (χ4n) is 2.29. The molecule has 0 bridgehead atoms. The van der Waals surface area contributed by atoms with Crippen LogP contribution in [-0.2, 0) is 4.79 Å². The van der Waals surface area contributed by atoms with Crippen LogP contribution in [0.1, 0.15) is 28.8 Å². The molecule has 0 saturated heterocycles. The van der Waals surface area contributed by atoms with Crippen molar-refractivity contribution in [1.82, 2.24) is 4.98 Å². The highest BCUT2D eigenvalue weighted by Gasteiger charge is 2.29. The van der Waals surface area contributed by atoms with Crippen molar-refractivity contribution in [2.45, 2.75) is 19.8 Å². The Hall–Kier alpha value is -2.89. The lowest BCUT2D eigenvalue weighted by molar-refractivity contribution is -0.117. The van der Waals surface area contributed by atoms with Crippen molar-refractivity contribution >= 4 is 23.3 Å². The second-order valence-corrected chi connectivity index (χ2v) is 5.83. The maximum atomic E-state index is 12.3. The van der Waals surface area contributed by atoms with Crippen LogP contribution in [0.5, 0.6) is 5.75 Å². The lowest BCUT2D eigenvalue weighted by Crippen LogP contribution is -2.16. The summed E-state index contributed by atoms with van der Waals surface area (Å²) in [6.07, 6.45) is 3.44. The predicted octanol–water partition coefficient (Wildman–Crippen LogP) is 3.00. The summed E-state index contributed by atoms with van der Waals surface area (Å²) in [6, 6.07) is 8.67. The fraction of sp³-hybridized carbons (Fsp3) is 0.278. The molecule has 1 aliphatic rings. The average molecular weight is 325 g/mol. The van der Waals surface area contributed by atoms with Crippen LogP contribution in [-0.4, -0.2) is 23.9 Å². The molecule has 1 aliphatic carbocycles. The second-order valence-electron chi connectivity index (χ2n) is 5.83. The molecule has 2 aromatic rings. The van der Waals surface area contributed by atoms with E-state index in [1.807, 2.05) is 6.92 Å². The Bertz CT molecular complexity index is 785. The summed E-state index contributed by atoms with van der Waals surface area (Å²) in [4.78, 5) is 28.3. The Morgan fingerprint density at radius 2 is 2.00 bits per heavy atom. The molecule has 0 radical (unpaired) electrons. The van der Waals surface area contributed by atoms with E-state index in [2.05, 4.69) is 15.6 Å². The second kappa shape index (κ2) is 6.70. The SMILES string of the molecule is COc1cccc(C(=O)Nc2cnc(NC(=O)C3CC3)cc2C)c1. The van der Waals surface area contributed by atoms with Crippen LogP contribution in [0.4, 0.5) is 11.5 Å². The molecule has 0 unspecified atom stereocenters. The normalized spacial score (nSPS) is 13.2. The number of nitrogens with zero attached hydrogens (tertiary/aromatic N) is 1. The standard InChI is InChI=1S/C18H19N3O3/c1-11-8-16(21-17(22)12-6-7-12)19-10-15(11)20-18(23)13-4-3-5-14(9-13)24-2/h3-5,8-10,12H,6-7H2,1-2H3,(H,20,23)(H,19,21,22). The molecule has 1 heterocycles. The third-order valence-electron chi connectivity index (χ3n) is 3.89. The third kappa shape index (κ3) is 3.71. The highest BCUT2D eigenvalue weighted by Crippen LogP contribution is 2.30. The van der Waals surface area contributed by atoms with E-state index >= 15 is 0 Å². The summed E-state index contributed by atoms with van der Waals surface area (Å²) in [5, 5.41) is 5.62. The van der Waals surface area contributed by atoms with Gasteiger partial charge in [0.1, 0.15) is 11.6 Å². The number of hydrogen-bond donors (Lipinski definition) is 2. The summed E-state index contributed by atoms with van der Waals surface area (Å²) < 4.78 is 5.12. The van der Waals surface area contributed by atoms with Crippen LogP contribution in [0, 0.1) is 12.8 Å². The van der Waals surface area contributed by atoms with Gasteiger partial charge in [0.2, 0.25) is 5.91 Å². The van der Waals surface area contributed by atoms with E-state index in [-0.39, 0.29) is 17.7 Å². The molecule has 0 aliphatic heterocycles. The lowest BCUT2D eigenvalue weighted by Gasteiger charge is -2.11. The van der Waals surface area contributed by atoms with Crippen LogP contribution in [0.2, 0.25) is 0 Å². The Balaban J connectivity index is 1.70. The van der Waals surface area contributed by atoms with E-state index in [1.54, 1.807) is 43.6 Å². The van der Waals surface area contributed by atoms with E-state index < -0.39 is 0 Å². The maximum Gasteiger partial charge on any atom is 0.255 e. The molecule has 124 valence electrons. The number of amides is 2. The van der Waals surface area contributed by atoms with Gasteiger partial charge in [-0.05, 0) is 49.6 Å². The first-order chi connectivity index (χ1) is 11.6. The minimum absolute atomic E-state index is 0.00932. The number of benzene rings is 1. The van der Waals surface area contributed by atoms with Gasteiger partial charge in [0, 0.05) is 11.5 Å². The molecule has 6 nitrogen and oxygen atoms in total. The monoisotopic (exact) mass is 325 g/mol. The minimum atomic E-state index is -0.242. The lowest BCUT2D eigenvalue weighted by atomic mass is 10.2. The zero-order chi connectivity index (χ0) is 17.1. The maximum absolute atomic E-state index is 12.3. The van der Waals surface area contributed by atoms with Crippen molar-refractivity contribution in [3.63, 3.8) is 0 Å². The van der Waals surface area contributed by atoms with Gasteiger partial charge in [-0.2, -0.15) is 0 Å². The van der Waals surface area contributed by atoms with Gasteiger partial charge >= 0.3 is 0 Å². The number of anilines is 2. The molecule has 3 rings (SSSR count). The molecule has 1 aromatic heterocycles. The van der Waals surface area contributed by atoms with Gasteiger partial charge in [0.05, 0.1) is 19.0 Å². The van der Waals surface area contributed by atoms with Crippen molar-refractivity contribution in [2.24, 2.45) is 5.92 Å². The highest BCUT2D eigenvalue weighted by molar-refractivity contribution is 6.05. The molecule has 2 N–H and O–H groups in total. The number of hydrogen-bond acceptors (Lipinski definition) is 4. The quantitative estimate of drug-likeness (QED) is 0.885. The number of rotatable bonds is 5. The first kappa shape index (κ1) is 16.0. The van der Waals surface area contributed by atoms with Crippen molar-refractivity contribution in [3.8, 4) is 5.75 Å². The van der Waals surface area contributed by atoms with E-state index in [0.29, 0.717) is 22.8 Å². The smallest absolute Gasteiger partial charge is 0.255 e. The van der Waals surface area contributed by atoms with E-state index in [4.69, 9.17) is 4.74 Å². The van der Waals surface area contributed by atoms with Gasteiger partial charge in [-0.1, -0.05) is 6.07 Å². The molecular weight excluding hydrogens is 306 g/mol. The van der Waals surface area contributed by atoms with Gasteiger partial charge < -0.3 is 15.4 Å². The topological polar surface area (TPSA) is 80.3 Å². The van der Waals surface area contributed by atoms with Gasteiger partial charge in [-0.3, -0.25) is 9.59 Å². The number of ether oxygens (including phenoxy) is 1. The Kier molecular flexibility index (Phi) is 4.46. The summed E-state index contributed by atoms with van der Waals surface area (Å²) in [5.41, 5.74) is 1.93. The number of carbonyl (C=O) groups excluding carboxylic acids is 2. The van der Waals surface area contributed by atoms with E-state index in [1.165, 1.54) is 0 Å². The summed E-state index contributed by atoms with van der Waals surface area (Å²) >= 11 is 0. The molecule has 0 atom stereocenters. The Labute approximate surface area is 140 Å². The summed E-state index contributed by atoms with van der Waals surface area (Å²) in [7, 11) is 1.56. The van der Waals surface area contributed by atoms with Gasteiger partial charge in [-0.25, -0.2) is 4.98 Å². The number of carbonyl (C=O) groups is 2. The number of methoxy groups -OCH3 is 1. The molecule has 1 aromatic carbocycles. The van der Waals surface area contributed by atoms with Gasteiger partial charge in [-0.15, -0.1) is 0 Å². The number of aryl methyl sites for hydroxylation is 1. The molecule has 0 spiro atoms. The zero-order valence-electron chi connectivity index (χ0n) is 13.6. The molecule has 2 amide bonds. The predicted molar refractivity (Wildman–Crippen MR) is 91.3 cm³/mol. The summed E-state index contributed by atoms with van der Waals surface area (Å²) in [6.45, 7) is 1.86. The van der Waals surface area contributed by atoms with Crippen LogP contribution in [0.15, 0.2) is 36.5 Å². The van der Waals surface area contributed by atoms with Crippen LogP contribution < -0.4 is 15.4 Å². The van der Waals surface area contributed by atoms with Gasteiger partial charge in [0.15, 0.2) is 0 Å². The van der Waals surface area contributed by atoms with Crippen LogP contribution in [0.25, 0.3) is 0 Å². The van der Waals surface area contributed by atoms with Crippen LogP contribution >= 0.6 is 0 Å². The van der Waals surface area contributed by atoms with Crippen LogP contribution in [0.3, 0.4) is 0 Å². The van der Waals surface area contributed by atoms with Crippen molar-refractivity contribution in [2.75, 3.05) is 17.7 Å². The molecular formula is C18H19N3O3.